The van der Waals surface area contributed by atoms with Crippen LogP contribution in [0.1, 0.15) is 54.4 Å². The SMILES string of the molecule is Cc1n[nH]c(C)c1C(=O)N1CCC2(CC1)CC(C)(O)CCO2. The van der Waals surface area contributed by atoms with Gasteiger partial charge in [0.15, 0.2) is 0 Å². The molecule has 0 saturated carbocycles. The second-order valence-electron chi connectivity index (χ2n) is 7.06. The van der Waals surface area contributed by atoms with Gasteiger partial charge in [-0.05, 0) is 40.0 Å². The van der Waals surface area contributed by atoms with Gasteiger partial charge in [0.1, 0.15) is 0 Å². The number of aryl methyl sites for hydroxylation is 2. The first-order valence-electron chi connectivity index (χ1n) is 7.99. The van der Waals surface area contributed by atoms with Crippen molar-refractivity contribution in [1.82, 2.24) is 15.1 Å². The third kappa shape index (κ3) is 2.77. The zero-order valence-corrected chi connectivity index (χ0v) is 13.6. The van der Waals surface area contributed by atoms with Crippen LogP contribution in [-0.2, 0) is 4.74 Å². The molecule has 6 nitrogen and oxygen atoms in total. The summed E-state index contributed by atoms with van der Waals surface area (Å²) in [6, 6.07) is 0. The van der Waals surface area contributed by atoms with E-state index in [1.165, 1.54) is 0 Å². The Bertz CT molecular complexity index is 552. The zero-order valence-electron chi connectivity index (χ0n) is 13.6. The fourth-order valence-corrected chi connectivity index (χ4v) is 3.78. The van der Waals surface area contributed by atoms with E-state index in [0.717, 1.165) is 24.2 Å². The highest BCUT2D eigenvalue weighted by molar-refractivity contribution is 5.96. The van der Waals surface area contributed by atoms with Crippen molar-refractivity contribution in [1.29, 1.82) is 0 Å². The van der Waals surface area contributed by atoms with E-state index in [0.29, 0.717) is 38.1 Å². The first kappa shape index (κ1) is 15.5. The highest BCUT2D eigenvalue weighted by atomic mass is 16.5. The molecule has 2 fully saturated rings. The predicted octanol–water partition coefficient (Wildman–Crippen LogP) is 1.56. The van der Waals surface area contributed by atoms with Gasteiger partial charge in [0.05, 0.1) is 29.1 Å². The second kappa shape index (κ2) is 5.35. The number of rotatable bonds is 1. The van der Waals surface area contributed by atoms with Crippen LogP contribution in [0.25, 0.3) is 0 Å². The van der Waals surface area contributed by atoms with Crippen LogP contribution in [0, 0.1) is 13.8 Å². The highest BCUT2D eigenvalue weighted by Gasteiger charge is 2.45. The van der Waals surface area contributed by atoms with Crippen molar-refractivity contribution in [3.63, 3.8) is 0 Å². The number of hydrogen-bond donors (Lipinski definition) is 2. The number of amides is 1. The number of piperidine rings is 1. The Hall–Kier alpha value is -1.40. The average molecular weight is 307 g/mol. The summed E-state index contributed by atoms with van der Waals surface area (Å²) in [7, 11) is 0. The minimum absolute atomic E-state index is 0.0427. The van der Waals surface area contributed by atoms with E-state index in [2.05, 4.69) is 10.2 Å². The quantitative estimate of drug-likeness (QED) is 0.825. The molecule has 22 heavy (non-hydrogen) atoms. The molecule has 1 spiro atoms. The van der Waals surface area contributed by atoms with Crippen LogP contribution in [0.15, 0.2) is 0 Å². The number of H-pyrrole nitrogens is 1. The van der Waals surface area contributed by atoms with Crippen LogP contribution < -0.4 is 0 Å². The lowest BCUT2D eigenvalue weighted by Crippen LogP contribution is -2.54. The molecule has 0 bridgehead atoms. The normalized spacial score (nSPS) is 28.1. The molecule has 1 unspecified atom stereocenters. The van der Waals surface area contributed by atoms with Gasteiger partial charge in [-0.3, -0.25) is 9.89 Å². The highest BCUT2D eigenvalue weighted by Crippen LogP contribution is 2.39. The Kier molecular flexibility index (Phi) is 3.77. The molecule has 122 valence electrons. The van der Waals surface area contributed by atoms with Gasteiger partial charge in [0.25, 0.3) is 5.91 Å². The second-order valence-corrected chi connectivity index (χ2v) is 7.06. The minimum Gasteiger partial charge on any atom is -0.390 e. The average Bonchev–Trinajstić information content (AvgIpc) is 2.77. The number of aromatic nitrogens is 2. The van der Waals surface area contributed by atoms with Crippen molar-refractivity contribution in [2.24, 2.45) is 0 Å². The largest absolute Gasteiger partial charge is 0.390 e. The van der Waals surface area contributed by atoms with Gasteiger partial charge in [0, 0.05) is 25.2 Å². The van der Waals surface area contributed by atoms with Crippen molar-refractivity contribution >= 4 is 5.91 Å². The van der Waals surface area contributed by atoms with Crippen molar-refractivity contribution in [3.05, 3.63) is 17.0 Å². The Morgan fingerprint density at radius 3 is 2.55 bits per heavy atom. The number of ether oxygens (including phenoxy) is 1. The Morgan fingerprint density at radius 2 is 2.00 bits per heavy atom. The lowest BCUT2D eigenvalue weighted by atomic mass is 9.78. The molecule has 3 heterocycles. The molecule has 2 N–H and O–H groups in total. The van der Waals surface area contributed by atoms with Crippen molar-refractivity contribution in [3.8, 4) is 0 Å². The maximum absolute atomic E-state index is 12.7. The molecular weight excluding hydrogens is 282 g/mol. The number of nitrogens with zero attached hydrogens (tertiary/aromatic N) is 2. The molecular formula is C16H25N3O3. The molecule has 1 atom stereocenters. The molecule has 2 saturated heterocycles. The van der Waals surface area contributed by atoms with Crippen LogP contribution in [0.2, 0.25) is 0 Å². The molecule has 2 aliphatic rings. The number of hydrogen-bond acceptors (Lipinski definition) is 4. The molecule has 0 radical (unpaired) electrons. The van der Waals surface area contributed by atoms with Gasteiger partial charge in [-0.2, -0.15) is 5.10 Å². The fraction of sp³-hybridized carbons (Fsp3) is 0.750. The molecule has 1 aromatic rings. The molecule has 1 aromatic heterocycles. The number of carbonyl (C=O) groups is 1. The Labute approximate surface area is 130 Å². The number of aliphatic hydroxyl groups is 1. The lowest BCUT2D eigenvalue weighted by molar-refractivity contribution is -0.170. The summed E-state index contributed by atoms with van der Waals surface area (Å²) in [6.45, 7) is 7.54. The van der Waals surface area contributed by atoms with Crippen LogP contribution in [0.3, 0.4) is 0 Å². The molecule has 0 aromatic carbocycles. The summed E-state index contributed by atoms with van der Waals surface area (Å²) in [5, 5.41) is 17.3. The molecule has 2 aliphatic heterocycles. The summed E-state index contributed by atoms with van der Waals surface area (Å²) in [5.74, 6) is 0.0427. The van der Waals surface area contributed by atoms with E-state index >= 15 is 0 Å². The van der Waals surface area contributed by atoms with E-state index in [9.17, 15) is 9.90 Å². The van der Waals surface area contributed by atoms with E-state index in [4.69, 9.17) is 4.74 Å². The van der Waals surface area contributed by atoms with E-state index < -0.39 is 5.60 Å². The monoisotopic (exact) mass is 307 g/mol. The maximum Gasteiger partial charge on any atom is 0.257 e. The van der Waals surface area contributed by atoms with Crippen LogP contribution in [-0.4, -0.2) is 57.0 Å². The first-order chi connectivity index (χ1) is 10.3. The Morgan fingerprint density at radius 1 is 1.32 bits per heavy atom. The number of nitrogens with one attached hydrogen (secondary N) is 1. The molecule has 1 amide bonds. The van der Waals surface area contributed by atoms with Crippen molar-refractivity contribution in [2.45, 2.75) is 57.7 Å². The van der Waals surface area contributed by atoms with Gasteiger partial charge < -0.3 is 14.7 Å². The van der Waals surface area contributed by atoms with Crippen molar-refractivity contribution < 1.29 is 14.6 Å². The van der Waals surface area contributed by atoms with Gasteiger partial charge in [-0.1, -0.05) is 0 Å². The summed E-state index contributed by atoms with van der Waals surface area (Å²) in [4.78, 5) is 14.6. The van der Waals surface area contributed by atoms with Gasteiger partial charge >= 0.3 is 0 Å². The van der Waals surface area contributed by atoms with E-state index in [1.807, 2.05) is 25.7 Å². The zero-order chi connectivity index (χ0) is 16.0. The molecule has 3 rings (SSSR count). The summed E-state index contributed by atoms with van der Waals surface area (Å²) < 4.78 is 5.99. The third-order valence-corrected chi connectivity index (χ3v) is 5.06. The fourth-order valence-electron chi connectivity index (χ4n) is 3.78. The predicted molar refractivity (Wildman–Crippen MR) is 81.7 cm³/mol. The van der Waals surface area contributed by atoms with E-state index in [1.54, 1.807) is 0 Å². The van der Waals surface area contributed by atoms with Gasteiger partial charge in [-0.25, -0.2) is 0 Å². The number of carbonyl (C=O) groups excluding carboxylic acids is 1. The van der Waals surface area contributed by atoms with E-state index in [-0.39, 0.29) is 11.5 Å². The third-order valence-electron chi connectivity index (χ3n) is 5.06. The maximum atomic E-state index is 12.7. The number of likely N-dealkylation sites (tertiary alicyclic amines) is 1. The lowest BCUT2D eigenvalue weighted by Gasteiger charge is -2.48. The van der Waals surface area contributed by atoms with Crippen LogP contribution in [0.5, 0.6) is 0 Å². The summed E-state index contributed by atoms with van der Waals surface area (Å²) >= 11 is 0. The van der Waals surface area contributed by atoms with Crippen LogP contribution in [0.4, 0.5) is 0 Å². The summed E-state index contributed by atoms with van der Waals surface area (Å²) in [5.41, 5.74) is 1.34. The van der Waals surface area contributed by atoms with Crippen molar-refractivity contribution in [2.75, 3.05) is 19.7 Å². The molecule has 0 aliphatic carbocycles. The standard InChI is InChI=1S/C16H25N3O3/c1-11-13(12(2)18-17-11)14(20)19-7-4-16(5-8-19)10-15(3,21)6-9-22-16/h21H,4-10H2,1-3H3,(H,17,18). The minimum atomic E-state index is -0.651. The first-order valence-corrected chi connectivity index (χ1v) is 7.99. The van der Waals surface area contributed by atoms with Gasteiger partial charge in [0.2, 0.25) is 0 Å². The van der Waals surface area contributed by atoms with Crippen LogP contribution >= 0.6 is 0 Å². The number of aromatic amines is 1. The summed E-state index contributed by atoms with van der Waals surface area (Å²) in [6.07, 6.45) is 2.91. The van der Waals surface area contributed by atoms with Gasteiger partial charge in [-0.15, -0.1) is 0 Å². The smallest absolute Gasteiger partial charge is 0.257 e. The molecule has 6 heteroatoms. The Balaban J connectivity index is 1.68. The topological polar surface area (TPSA) is 78.5 Å².